The fraction of sp³-hybridized carbons (Fsp3) is 0.385. The number of nitrogens with one attached hydrogen (secondary N) is 3. The fourth-order valence-electron chi connectivity index (χ4n) is 1.59. The molecule has 1 aliphatic carbocycles. The predicted molar refractivity (Wildman–Crippen MR) is 73.6 cm³/mol. The molecule has 1 aromatic rings. The Morgan fingerprint density at radius 1 is 1.11 bits per heavy atom. The lowest BCUT2D eigenvalue weighted by Crippen LogP contribution is -2.37. The van der Waals surface area contributed by atoms with E-state index in [1.807, 2.05) is 0 Å². The van der Waals surface area contributed by atoms with Gasteiger partial charge in [-0.3, -0.25) is 4.79 Å². The first-order chi connectivity index (χ1) is 9.15. The van der Waals surface area contributed by atoms with Gasteiger partial charge in [-0.1, -0.05) is 0 Å². The van der Waals surface area contributed by atoms with Crippen molar-refractivity contribution < 1.29 is 9.59 Å². The quantitative estimate of drug-likeness (QED) is 0.469. The lowest BCUT2D eigenvalue weighted by Gasteiger charge is -2.08. The third-order valence-corrected chi connectivity index (χ3v) is 2.83. The van der Waals surface area contributed by atoms with Gasteiger partial charge in [0.05, 0.1) is 0 Å². The first-order valence-corrected chi connectivity index (χ1v) is 6.33. The molecule has 0 spiro atoms. The molecule has 0 bridgehead atoms. The highest BCUT2D eigenvalue weighted by atomic mass is 16.2. The van der Waals surface area contributed by atoms with E-state index in [0.29, 0.717) is 24.5 Å². The predicted octanol–water partition coefficient (Wildman–Crippen LogP) is 0.916. The van der Waals surface area contributed by atoms with Crippen LogP contribution in [0.1, 0.15) is 12.8 Å². The first-order valence-electron chi connectivity index (χ1n) is 6.33. The van der Waals surface area contributed by atoms with Crippen molar-refractivity contribution in [2.45, 2.75) is 12.8 Å². The van der Waals surface area contributed by atoms with Crippen molar-refractivity contribution in [3.05, 3.63) is 24.3 Å². The van der Waals surface area contributed by atoms with E-state index < -0.39 is 0 Å². The summed E-state index contributed by atoms with van der Waals surface area (Å²) in [5, 5.41) is 8.11. The minimum absolute atomic E-state index is 0.0840. The maximum absolute atomic E-state index is 11.5. The molecule has 19 heavy (non-hydrogen) atoms. The van der Waals surface area contributed by atoms with Gasteiger partial charge < -0.3 is 21.7 Å². The van der Waals surface area contributed by atoms with Crippen molar-refractivity contribution >= 4 is 23.3 Å². The lowest BCUT2D eigenvalue weighted by molar-refractivity contribution is -0.122. The Balaban J connectivity index is 1.61. The molecular formula is C13H18N4O2. The van der Waals surface area contributed by atoms with Gasteiger partial charge in [0.2, 0.25) is 5.91 Å². The molecule has 102 valence electrons. The van der Waals surface area contributed by atoms with E-state index in [0.717, 1.165) is 12.8 Å². The Hall–Kier alpha value is -2.24. The summed E-state index contributed by atoms with van der Waals surface area (Å²) in [6, 6.07) is 6.58. The molecule has 0 aromatic heterocycles. The topological polar surface area (TPSA) is 96.2 Å². The lowest BCUT2D eigenvalue weighted by atomic mass is 10.3. The van der Waals surface area contributed by atoms with Crippen LogP contribution in [0.4, 0.5) is 16.2 Å². The zero-order valence-electron chi connectivity index (χ0n) is 10.6. The Morgan fingerprint density at radius 3 is 2.37 bits per heavy atom. The van der Waals surface area contributed by atoms with Gasteiger partial charge in [0.25, 0.3) is 0 Å². The van der Waals surface area contributed by atoms with Crippen molar-refractivity contribution in [1.82, 2.24) is 10.6 Å². The van der Waals surface area contributed by atoms with E-state index in [1.54, 1.807) is 24.3 Å². The maximum Gasteiger partial charge on any atom is 0.319 e. The van der Waals surface area contributed by atoms with Crippen molar-refractivity contribution in [3.8, 4) is 0 Å². The molecule has 0 aliphatic heterocycles. The number of carbonyl (C=O) groups excluding carboxylic acids is 2. The summed E-state index contributed by atoms with van der Waals surface area (Å²) in [7, 11) is 0. The second-order valence-electron chi connectivity index (χ2n) is 4.57. The molecule has 1 saturated carbocycles. The largest absolute Gasteiger partial charge is 0.399 e. The first kappa shape index (κ1) is 13.2. The average Bonchev–Trinajstić information content (AvgIpc) is 3.21. The van der Waals surface area contributed by atoms with Gasteiger partial charge in [-0.05, 0) is 37.1 Å². The molecular weight excluding hydrogens is 244 g/mol. The monoisotopic (exact) mass is 262 g/mol. The van der Waals surface area contributed by atoms with Crippen LogP contribution >= 0.6 is 0 Å². The zero-order chi connectivity index (χ0) is 13.7. The average molecular weight is 262 g/mol. The molecule has 1 aromatic carbocycles. The molecule has 1 aliphatic rings. The van der Waals surface area contributed by atoms with E-state index in [9.17, 15) is 9.59 Å². The molecule has 6 nitrogen and oxygen atoms in total. The fourth-order valence-corrected chi connectivity index (χ4v) is 1.59. The second-order valence-corrected chi connectivity index (χ2v) is 4.57. The van der Waals surface area contributed by atoms with Crippen LogP contribution in [0.3, 0.4) is 0 Å². The Labute approximate surface area is 111 Å². The second kappa shape index (κ2) is 6.08. The highest BCUT2D eigenvalue weighted by molar-refractivity contribution is 5.89. The van der Waals surface area contributed by atoms with Crippen molar-refractivity contribution in [3.63, 3.8) is 0 Å². The Bertz CT molecular complexity index is 454. The van der Waals surface area contributed by atoms with Crippen molar-refractivity contribution in [1.29, 1.82) is 0 Å². The van der Waals surface area contributed by atoms with Crippen LogP contribution in [-0.2, 0) is 4.79 Å². The highest BCUT2D eigenvalue weighted by Crippen LogP contribution is 2.28. The van der Waals surface area contributed by atoms with Gasteiger partial charge in [0.1, 0.15) is 0 Å². The number of benzene rings is 1. The van der Waals surface area contributed by atoms with E-state index in [4.69, 9.17) is 5.73 Å². The van der Waals surface area contributed by atoms with E-state index in [1.165, 1.54) is 0 Å². The summed E-state index contributed by atoms with van der Waals surface area (Å²) in [5.74, 6) is 0.282. The molecule has 1 fully saturated rings. The van der Waals surface area contributed by atoms with Crippen LogP contribution in [0, 0.1) is 5.92 Å². The number of anilines is 2. The summed E-state index contributed by atoms with van der Waals surface area (Å²) in [6.45, 7) is 0.851. The van der Waals surface area contributed by atoms with Gasteiger partial charge in [0.15, 0.2) is 0 Å². The third kappa shape index (κ3) is 4.50. The van der Waals surface area contributed by atoms with Crippen molar-refractivity contribution in [2.75, 3.05) is 24.1 Å². The van der Waals surface area contributed by atoms with Crippen LogP contribution in [0.2, 0.25) is 0 Å². The summed E-state index contributed by atoms with van der Waals surface area (Å²) in [6.07, 6.45) is 1.97. The van der Waals surface area contributed by atoms with Crippen LogP contribution in [0.15, 0.2) is 24.3 Å². The molecule has 0 atom stereocenters. The molecule has 0 heterocycles. The Kier molecular flexibility index (Phi) is 4.22. The molecule has 0 radical (unpaired) electrons. The van der Waals surface area contributed by atoms with Gasteiger partial charge >= 0.3 is 6.03 Å². The van der Waals surface area contributed by atoms with E-state index in [-0.39, 0.29) is 17.9 Å². The van der Waals surface area contributed by atoms with Gasteiger partial charge in [-0.25, -0.2) is 4.79 Å². The summed E-state index contributed by atoms with van der Waals surface area (Å²) >= 11 is 0. The number of hydrogen-bond donors (Lipinski definition) is 4. The van der Waals surface area contributed by atoms with E-state index >= 15 is 0 Å². The normalized spacial score (nSPS) is 13.7. The Morgan fingerprint density at radius 2 is 1.74 bits per heavy atom. The third-order valence-electron chi connectivity index (χ3n) is 2.83. The smallest absolute Gasteiger partial charge is 0.319 e. The number of nitrogens with two attached hydrogens (primary N) is 1. The summed E-state index contributed by atoms with van der Waals surface area (Å²) in [5.41, 5.74) is 6.87. The number of hydrogen-bond acceptors (Lipinski definition) is 3. The van der Waals surface area contributed by atoms with Crippen LogP contribution < -0.4 is 21.7 Å². The van der Waals surface area contributed by atoms with Crippen molar-refractivity contribution in [2.24, 2.45) is 5.92 Å². The number of urea groups is 1. The van der Waals surface area contributed by atoms with E-state index in [2.05, 4.69) is 16.0 Å². The zero-order valence-corrected chi connectivity index (χ0v) is 10.6. The molecule has 6 heteroatoms. The summed E-state index contributed by atoms with van der Waals surface area (Å²) in [4.78, 5) is 22.8. The van der Waals surface area contributed by atoms with Gasteiger partial charge in [-0.2, -0.15) is 0 Å². The number of nitrogen functional groups attached to an aromatic ring is 1. The minimum Gasteiger partial charge on any atom is -0.399 e. The number of carbonyl (C=O) groups is 2. The highest BCUT2D eigenvalue weighted by Gasteiger charge is 2.28. The van der Waals surface area contributed by atoms with Crippen LogP contribution in [0.5, 0.6) is 0 Å². The molecule has 0 unspecified atom stereocenters. The van der Waals surface area contributed by atoms with Crippen LogP contribution in [-0.4, -0.2) is 25.0 Å². The maximum atomic E-state index is 11.5. The molecule has 3 amide bonds. The number of amides is 3. The standard InChI is InChI=1S/C13H18N4O2/c14-10-3-5-11(6-4-10)17-13(19)16-8-7-15-12(18)9-1-2-9/h3-6,9H,1-2,7-8,14H2,(H,15,18)(H2,16,17,19). The minimum atomic E-state index is -0.301. The molecule has 2 rings (SSSR count). The number of rotatable bonds is 5. The van der Waals surface area contributed by atoms with Crippen LogP contribution in [0.25, 0.3) is 0 Å². The molecule has 5 N–H and O–H groups in total. The summed E-state index contributed by atoms with van der Waals surface area (Å²) < 4.78 is 0. The van der Waals surface area contributed by atoms with Gasteiger partial charge in [-0.15, -0.1) is 0 Å². The SMILES string of the molecule is Nc1ccc(NC(=O)NCCNC(=O)C2CC2)cc1. The molecule has 0 saturated heterocycles. The van der Waals surface area contributed by atoms with Gasteiger partial charge in [0, 0.05) is 30.4 Å².